The van der Waals surface area contributed by atoms with Crippen LogP contribution in [-0.4, -0.2) is 24.8 Å². The number of esters is 1. The van der Waals surface area contributed by atoms with Gasteiger partial charge in [-0.05, 0) is 38.3 Å². The molecule has 0 amide bonds. The lowest BCUT2D eigenvalue weighted by atomic mass is 9.99. The van der Waals surface area contributed by atoms with Gasteiger partial charge in [-0.1, -0.05) is 55.0 Å². The molecule has 0 aromatic heterocycles. The lowest BCUT2D eigenvalue weighted by molar-refractivity contribution is -0.137. The highest BCUT2D eigenvalue weighted by atomic mass is 16.5. The van der Waals surface area contributed by atoms with E-state index in [0.29, 0.717) is 17.9 Å². The Labute approximate surface area is 166 Å². The van der Waals surface area contributed by atoms with Crippen LogP contribution in [0.1, 0.15) is 38.2 Å². The molecular weight excluding hydrogens is 350 g/mol. The first kappa shape index (κ1) is 19.7. The van der Waals surface area contributed by atoms with Crippen molar-refractivity contribution in [2.24, 2.45) is 4.99 Å². The molecule has 146 valence electrons. The number of carbonyl (C=O) groups is 1. The molecule has 1 aliphatic rings. The molecule has 2 aromatic rings. The van der Waals surface area contributed by atoms with Gasteiger partial charge in [0.25, 0.3) is 0 Å². The second-order valence-electron chi connectivity index (χ2n) is 6.59. The molecule has 3 rings (SSSR count). The molecule has 0 atom stereocenters. The van der Waals surface area contributed by atoms with E-state index in [1.165, 1.54) is 0 Å². The number of nitrogens with one attached hydrogen (secondary N) is 2. The number of nitrogens with zero attached hydrogens (tertiary/aromatic N) is 1. The summed E-state index contributed by atoms with van der Waals surface area (Å²) in [4.78, 5) is 17.7. The highest BCUT2D eigenvalue weighted by Gasteiger charge is 2.24. The van der Waals surface area contributed by atoms with Crippen molar-refractivity contribution in [2.45, 2.75) is 32.6 Å². The van der Waals surface area contributed by atoms with Crippen LogP contribution in [0.3, 0.4) is 0 Å². The summed E-state index contributed by atoms with van der Waals surface area (Å²) in [6.07, 6.45) is 3.98. The Morgan fingerprint density at radius 1 is 1.00 bits per heavy atom. The van der Waals surface area contributed by atoms with Gasteiger partial charge < -0.3 is 10.2 Å². The lowest BCUT2D eigenvalue weighted by Gasteiger charge is -2.19. The average molecular weight is 377 g/mol. The minimum absolute atomic E-state index is 0.323. The fourth-order valence-electron chi connectivity index (χ4n) is 3.19. The van der Waals surface area contributed by atoms with Crippen LogP contribution in [0, 0.1) is 0 Å². The molecule has 0 radical (unpaired) electrons. The minimum atomic E-state index is -0.343. The number of hydrogen-bond donors (Lipinski definition) is 2. The predicted molar refractivity (Wildman–Crippen MR) is 114 cm³/mol. The van der Waals surface area contributed by atoms with Crippen LogP contribution in [0.4, 0.5) is 5.69 Å². The second-order valence-corrected chi connectivity index (χ2v) is 6.59. The Morgan fingerprint density at radius 2 is 1.71 bits per heavy atom. The molecule has 0 saturated heterocycles. The molecule has 1 aliphatic heterocycles. The smallest absolute Gasteiger partial charge is 0.342 e. The Bertz CT molecular complexity index is 829. The molecule has 28 heavy (non-hydrogen) atoms. The summed E-state index contributed by atoms with van der Waals surface area (Å²) in [5.74, 6) is -0.343. The number of hydrazine groups is 1. The Morgan fingerprint density at radius 3 is 2.43 bits per heavy atom. The fourth-order valence-corrected chi connectivity index (χ4v) is 3.19. The molecule has 0 fully saturated rings. The average Bonchev–Trinajstić information content (AvgIpc) is 3.02. The SMILES string of the molecule is CCOC(=O)/C(C1=NCCCCC1)=C(\NNc1ccccc1)c1ccccc1. The van der Waals surface area contributed by atoms with Crippen LogP contribution in [0.2, 0.25) is 0 Å². The van der Waals surface area contributed by atoms with E-state index >= 15 is 0 Å². The molecule has 0 bridgehead atoms. The van der Waals surface area contributed by atoms with E-state index in [4.69, 9.17) is 9.73 Å². The summed E-state index contributed by atoms with van der Waals surface area (Å²) < 4.78 is 5.41. The zero-order chi connectivity index (χ0) is 19.6. The summed E-state index contributed by atoms with van der Waals surface area (Å²) in [7, 11) is 0. The Kier molecular flexibility index (Phi) is 7.24. The third-order valence-electron chi connectivity index (χ3n) is 4.56. The molecule has 0 spiro atoms. The molecule has 5 heteroatoms. The van der Waals surface area contributed by atoms with E-state index in [9.17, 15) is 4.79 Å². The molecule has 0 aliphatic carbocycles. The van der Waals surface area contributed by atoms with Crippen molar-refractivity contribution in [3.05, 3.63) is 71.8 Å². The highest BCUT2D eigenvalue weighted by Crippen LogP contribution is 2.23. The number of carbonyl (C=O) groups excluding carboxylic acids is 1. The fraction of sp³-hybridized carbons (Fsp3) is 0.304. The Balaban J connectivity index is 2.05. The van der Waals surface area contributed by atoms with Gasteiger partial charge in [-0.2, -0.15) is 0 Å². The first-order valence-corrected chi connectivity index (χ1v) is 9.87. The van der Waals surface area contributed by atoms with Crippen LogP contribution in [0.15, 0.2) is 71.2 Å². The Hall–Kier alpha value is -3.08. The summed E-state index contributed by atoms with van der Waals surface area (Å²) >= 11 is 0. The summed E-state index contributed by atoms with van der Waals surface area (Å²) in [5, 5.41) is 0. The zero-order valence-electron chi connectivity index (χ0n) is 16.3. The van der Waals surface area contributed by atoms with E-state index < -0.39 is 0 Å². The van der Waals surface area contributed by atoms with Crippen molar-refractivity contribution < 1.29 is 9.53 Å². The zero-order valence-corrected chi connectivity index (χ0v) is 16.3. The first-order chi connectivity index (χ1) is 13.8. The number of anilines is 1. The van der Waals surface area contributed by atoms with Crippen molar-refractivity contribution in [2.75, 3.05) is 18.6 Å². The number of hydrogen-bond acceptors (Lipinski definition) is 5. The molecule has 1 heterocycles. The van der Waals surface area contributed by atoms with Crippen LogP contribution in [0.25, 0.3) is 5.70 Å². The molecular formula is C23H27N3O2. The summed E-state index contributed by atoms with van der Waals surface area (Å²) in [6, 6.07) is 19.6. The van der Waals surface area contributed by atoms with Gasteiger partial charge in [-0.3, -0.25) is 10.4 Å². The van der Waals surface area contributed by atoms with Crippen LogP contribution < -0.4 is 10.9 Å². The van der Waals surface area contributed by atoms with Gasteiger partial charge in [0.1, 0.15) is 5.57 Å². The van der Waals surface area contributed by atoms with Crippen molar-refractivity contribution in [3.63, 3.8) is 0 Å². The summed E-state index contributed by atoms with van der Waals surface area (Å²) in [6.45, 7) is 2.89. The number of benzene rings is 2. The van der Waals surface area contributed by atoms with Crippen molar-refractivity contribution in [3.8, 4) is 0 Å². The van der Waals surface area contributed by atoms with E-state index in [2.05, 4.69) is 10.9 Å². The molecule has 2 N–H and O–H groups in total. The maximum atomic E-state index is 13.0. The lowest BCUT2D eigenvalue weighted by Crippen LogP contribution is -2.27. The van der Waals surface area contributed by atoms with Gasteiger partial charge in [0.2, 0.25) is 0 Å². The first-order valence-electron chi connectivity index (χ1n) is 9.87. The van der Waals surface area contributed by atoms with Crippen molar-refractivity contribution in [1.29, 1.82) is 0 Å². The number of rotatable bonds is 7. The van der Waals surface area contributed by atoms with Crippen molar-refractivity contribution >= 4 is 23.1 Å². The minimum Gasteiger partial charge on any atom is -0.462 e. The van der Waals surface area contributed by atoms with E-state index in [1.54, 1.807) is 0 Å². The van der Waals surface area contributed by atoms with Gasteiger partial charge in [0.05, 0.1) is 23.7 Å². The van der Waals surface area contributed by atoms with Crippen LogP contribution >= 0.6 is 0 Å². The van der Waals surface area contributed by atoms with E-state index in [0.717, 1.165) is 49.2 Å². The van der Waals surface area contributed by atoms with Crippen molar-refractivity contribution in [1.82, 2.24) is 5.43 Å². The summed E-state index contributed by atoms with van der Waals surface area (Å²) in [5.41, 5.74) is 10.3. The second kappa shape index (κ2) is 10.3. The third kappa shape index (κ3) is 5.22. The maximum absolute atomic E-state index is 13.0. The molecule has 2 aromatic carbocycles. The molecule has 0 saturated carbocycles. The largest absolute Gasteiger partial charge is 0.462 e. The highest BCUT2D eigenvalue weighted by molar-refractivity contribution is 6.24. The quantitative estimate of drug-likeness (QED) is 0.421. The third-order valence-corrected chi connectivity index (χ3v) is 4.56. The normalized spacial score (nSPS) is 15.0. The van der Waals surface area contributed by atoms with Gasteiger partial charge in [0, 0.05) is 12.1 Å². The van der Waals surface area contributed by atoms with Crippen LogP contribution in [-0.2, 0) is 9.53 Å². The van der Waals surface area contributed by atoms with Crippen LogP contribution in [0.5, 0.6) is 0 Å². The topological polar surface area (TPSA) is 62.7 Å². The predicted octanol–water partition coefficient (Wildman–Crippen LogP) is 4.59. The van der Waals surface area contributed by atoms with Gasteiger partial charge in [0.15, 0.2) is 0 Å². The maximum Gasteiger partial charge on any atom is 0.342 e. The van der Waals surface area contributed by atoms with Gasteiger partial charge >= 0.3 is 5.97 Å². The number of aliphatic imine (C=N–C) groups is 1. The van der Waals surface area contributed by atoms with E-state index in [1.807, 2.05) is 67.6 Å². The molecule has 5 nitrogen and oxygen atoms in total. The number of ether oxygens (including phenoxy) is 1. The number of para-hydroxylation sites is 1. The van der Waals surface area contributed by atoms with Gasteiger partial charge in [-0.15, -0.1) is 0 Å². The standard InChI is InChI=1S/C23H27N3O2/c1-2-28-23(27)21(20-16-10-5-11-17-24-20)22(18-12-6-3-7-13-18)26-25-19-14-8-4-9-15-19/h3-4,6-9,12-15,25-26H,2,5,10-11,16-17H2,1H3/b22-21-. The van der Waals surface area contributed by atoms with E-state index in [-0.39, 0.29) is 5.97 Å². The van der Waals surface area contributed by atoms with Gasteiger partial charge in [-0.25, -0.2) is 4.79 Å². The monoisotopic (exact) mass is 377 g/mol. The molecule has 0 unspecified atom stereocenters.